The smallest absolute Gasteiger partial charge is 0.380 e. The number of alkyl halides is 3. The van der Waals surface area contributed by atoms with Crippen molar-refractivity contribution in [3.8, 4) is 11.3 Å². The highest BCUT2D eigenvalue weighted by atomic mass is 32.2. The van der Waals surface area contributed by atoms with Crippen LogP contribution in [0.2, 0.25) is 0 Å². The van der Waals surface area contributed by atoms with Gasteiger partial charge in [-0.05, 0) is 42.9 Å². The van der Waals surface area contributed by atoms with Crippen molar-refractivity contribution in [1.82, 2.24) is 14.3 Å². The monoisotopic (exact) mass is 466 g/mol. The predicted molar refractivity (Wildman–Crippen MR) is 112 cm³/mol. The van der Waals surface area contributed by atoms with Gasteiger partial charge < -0.3 is 14.6 Å². The van der Waals surface area contributed by atoms with Gasteiger partial charge in [0.15, 0.2) is 0 Å². The van der Waals surface area contributed by atoms with E-state index in [-0.39, 0.29) is 11.4 Å². The molecule has 0 aliphatic carbocycles. The third-order valence-corrected chi connectivity index (χ3v) is 6.59. The number of rotatable bonds is 6. The lowest BCUT2D eigenvalue weighted by Gasteiger charge is -2.14. The summed E-state index contributed by atoms with van der Waals surface area (Å²) >= 11 is 0. The largest absolute Gasteiger partial charge is 0.416 e. The highest BCUT2D eigenvalue weighted by Crippen LogP contribution is 2.32. The number of benzene rings is 2. The molecule has 11 heteroatoms. The molecule has 1 aliphatic heterocycles. The second-order valence-electron chi connectivity index (χ2n) is 7.25. The summed E-state index contributed by atoms with van der Waals surface area (Å²) in [5.41, 5.74) is 1.68. The van der Waals surface area contributed by atoms with Gasteiger partial charge in [-0.2, -0.15) is 13.2 Å². The molecule has 32 heavy (non-hydrogen) atoms. The van der Waals surface area contributed by atoms with Crippen LogP contribution in [0.15, 0.2) is 53.6 Å². The van der Waals surface area contributed by atoms with Gasteiger partial charge in [0, 0.05) is 30.5 Å². The molecule has 4 rings (SSSR count). The first-order valence-corrected chi connectivity index (χ1v) is 11.3. The van der Waals surface area contributed by atoms with Crippen LogP contribution in [-0.4, -0.2) is 31.6 Å². The Bertz CT molecular complexity index is 1200. The number of nitrogens with zero attached hydrogens (tertiary/aromatic N) is 2. The van der Waals surface area contributed by atoms with E-state index in [2.05, 4.69) is 15.0 Å². The molecule has 1 aliphatic rings. The van der Waals surface area contributed by atoms with Crippen LogP contribution in [0.1, 0.15) is 17.0 Å². The molecule has 0 amide bonds. The molecule has 0 spiro atoms. The fourth-order valence-corrected chi connectivity index (χ4v) is 4.16. The van der Waals surface area contributed by atoms with E-state index in [0.29, 0.717) is 42.3 Å². The van der Waals surface area contributed by atoms with Crippen molar-refractivity contribution >= 4 is 15.7 Å². The summed E-state index contributed by atoms with van der Waals surface area (Å²) in [7, 11) is -2.35. The lowest BCUT2D eigenvalue weighted by atomic mass is 10.1. The van der Waals surface area contributed by atoms with Crippen molar-refractivity contribution in [3.63, 3.8) is 0 Å². The first-order chi connectivity index (χ1) is 15.2. The van der Waals surface area contributed by atoms with Crippen molar-refractivity contribution in [2.45, 2.75) is 30.8 Å². The summed E-state index contributed by atoms with van der Waals surface area (Å²) < 4.78 is 72.7. The molecule has 2 aromatic carbocycles. The van der Waals surface area contributed by atoms with E-state index in [0.717, 1.165) is 18.0 Å². The topological polar surface area (TPSA) is 85.3 Å². The van der Waals surface area contributed by atoms with E-state index in [1.807, 2.05) is 10.8 Å². The van der Waals surface area contributed by atoms with Gasteiger partial charge in [0.2, 0.25) is 10.0 Å². The maximum Gasteiger partial charge on any atom is 0.416 e. The van der Waals surface area contributed by atoms with Gasteiger partial charge in [0.05, 0.1) is 22.8 Å². The third kappa shape index (κ3) is 4.64. The number of halogens is 3. The quantitative estimate of drug-likeness (QED) is 0.580. The highest BCUT2D eigenvalue weighted by Gasteiger charge is 2.30. The van der Waals surface area contributed by atoms with E-state index >= 15 is 0 Å². The summed E-state index contributed by atoms with van der Waals surface area (Å²) in [6.07, 6.45) is -2.55. The number of aromatic nitrogens is 2. The molecule has 0 fully saturated rings. The Kier molecular flexibility index (Phi) is 5.97. The number of anilines is 1. The van der Waals surface area contributed by atoms with Gasteiger partial charge in [0.1, 0.15) is 12.4 Å². The molecule has 7 nitrogen and oxygen atoms in total. The van der Waals surface area contributed by atoms with Gasteiger partial charge in [-0.15, -0.1) is 0 Å². The molecule has 0 bridgehead atoms. The molecular weight excluding hydrogens is 445 g/mol. The van der Waals surface area contributed by atoms with Gasteiger partial charge in [0.25, 0.3) is 0 Å². The van der Waals surface area contributed by atoms with Crippen molar-refractivity contribution in [1.29, 1.82) is 0 Å². The average Bonchev–Trinajstić information content (AvgIpc) is 3.21. The Morgan fingerprint density at radius 1 is 1.16 bits per heavy atom. The van der Waals surface area contributed by atoms with E-state index < -0.39 is 21.8 Å². The molecular formula is C21H21F3N4O3S. The lowest BCUT2D eigenvalue weighted by molar-refractivity contribution is -0.137. The molecule has 0 saturated carbocycles. The number of nitrogens with one attached hydrogen (secondary N) is 2. The minimum absolute atomic E-state index is 0.0808. The Morgan fingerprint density at radius 2 is 1.91 bits per heavy atom. The van der Waals surface area contributed by atoms with Crippen molar-refractivity contribution in [2.75, 3.05) is 19.0 Å². The fourth-order valence-electron chi connectivity index (χ4n) is 3.40. The van der Waals surface area contributed by atoms with Crippen LogP contribution < -0.4 is 10.0 Å². The number of ether oxygens (including phenoxy) is 1. The molecule has 0 atom stereocenters. The molecule has 2 N–H and O–H groups in total. The van der Waals surface area contributed by atoms with Crippen LogP contribution in [0.3, 0.4) is 0 Å². The Labute approximate surface area is 183 Å². The fraction of sp³-hybridized carbons (Fsp3) is 0.286. The second-order valence-corrected chi connectivity index (χ2v) is 9.14. The third-order valence-electron chi connectivity index (χ3n) is 5.18. The first kappa shape index (κ1) is 22.3. The maximum atomic E-state index is 12.8. The van der Waals surface area contributed by atoms with E-state index in [9.17, 15) is 21.6 Å². The molecule has 3 aromatic rings. The van der Waals surface area contributed by atoms with E-state index in [1.54, 1.807) is 6.07 Å². The number of hydrogen-bond acceptors (Lipinski definition) is 5. The first-order valence-electron chi connectivity index (χ1n) is 9.79. The maximum absolute atomic E-state index is 12.8. The number of fused-ring (bicyclic) bond motifs is 1. The number of hydrogen-bond donors (Lipinski definition) is 2. The summed E-state index contributed by atoms with van der Waals surface area (Å²) in [6, 6.07) is 9.48. The number of imidazole rings is 1. The van der Waals surface area contributed by atoms with Crippen LogP contribution >= 0.6 is 0 Å². The average molecular weight is 466 g/mol. The van der Waals surface area contributed by atoms with Gasteiger partial charge in [-0.3, -0.25) is 0 Å². The Hall–Kier alpha value is -2.89. The molecule has 2 heterocycles. The molecule has 170 valence electrons. The van der Waals surface area contributed by atoms with Crippen molar-refractivity contribution in [2.24, 2.45) is 0 Å². The zero-order valence-electron chi connectivity index (χ0n) is 17.1. The Balaban J connectivity index is 1.66. The zero-order chi connectivity index (χ0) is 22.9. The van der Waals surface area contributed by atoms with E-state index in [4.69, 9.17) is 4.74 Å². The van der Waals surface area contributed by atoms with Crippen LogP contribution in [0, 0.1) is 0 Å². The molecule has 1 aromatic heterocycles. The molecule has 0 radical (unpaired) electrons. The van der Waals surface area contributed by atoms with Gasteiger partial charge >= 0.3 is 6.18 Å². The van der Waals surface area contributed by atoms with Crippen LogP contribution in [0.5, 0.6) is 0 Å². The molecule has 0 unspecified atom stereocenters. The SMILES string of the molecule is CNS(=O)(=O)c1ccc(NCc2ccc(C(F)(F)F)cc2)c(-c2cn3c(n2)COCC3)c1. The van der Waals surface area contributed by atoms with Crippen LogP contribution in [0.25, 0.3) is 11.3 Å². The zero-order valence-corrected chi connectivity index (χ0v) is 17.9. The predicted octanol–water partition coefficient (Wildman–Crippen LogP) is 3.62. The minimum Gasteiger partial charge on any atom is -0.380 e. The summed E-state index contributed by atoms with van der Waals surface area (Å²) in [4.78, 5) is 4.66. The van der Waals surface area contributed by atoms with Crippen LogP contribution in [-0.2, 0) is 40.6 Å². The standard InChI is InChI=1S/C21H21F3N4O3S/c1-25-32(29,30)16-6-7-18(26-11-14-2-4-15(5-3-14)21(22,23)24)17(10-16)19-12-28-8-9-31-13-20(28)27-19/h2-7,10,12,25-26H,8-9,11,13H2,1H3. The lowest BCUT2D eigenvalue weighted by Crippen LogP contribution is -2.18. The van der Waals surface area contributed by atoms with Crippen LogP contribution in [0.4, 0.5) is 18.9 Å². The van der Waals surface area contributed by atoms with Gasteiger partial charge in [-0.1, -0.05) is 12.1 Å². The summed E-state index contributed by atoms with van der Waals surface area (Å²) in [5, 5.41) is 3.19. The van der Waals surface area contributed by atoms with E-state index in [1.165, 1.54) is 31.3 Å². The minimum atomic E-state index is -4.39. The van der Waals surface area contributed by atoms with Gasteiger partial charge in [-0.25, -0.2) is 18.1 Å². The number of sulfonamides is 1. The summed E-state index contributed by atoms with van der Waals surface area (Å²) in [6.45, 7) is 1.82. The highest BCUT2D eigenvalue weighted by molar-refractivity contribution is 7.89. The summed E-state index contributed by atoms with van der Waals surface area (Å²) in [5.74, 6) is 0.738. The van der Waals surface area contributed by atoms with Crippen molar-refractivity contribution in [3.05, 3.63) is 65.6 Å². The Morgan fingerprint density at radius 3 is 2.56 bits per heavy atom. The van der Waals surface area contributed by atoms with Crippen molar-refractivity contribution < 1.29 is 26.3 Å². The normalized spacial score (nSPS) is 14.2. The molecule has 0 saturated heterocycles. The second kappa shape index (κ2) is 8.57.